The van der Waals surface area contributed by atoms with Crippen molar-refractivity contribution in [3.8, 4) is 0 Å². The van der Waals surface area contributed by atoms with Crippen molar-refractivity contribution < 1.29 is 4.74 Å². The Morgan fingerprint density at radius 3 is 2.87 bits per heavy atom. The summed E-state index contributed by atoms with van der Waals surface area (Å²) in [6.07, 6.45) is 0. The molecule has 1 aromatic rings. The van der Waals surface area contributed by atoms with Gasteiger partial charge in [-0.15, -0.1) is 0 Å². The van der Waals surface area contributed by atoms with Crippen LogP contribution in [0.3, 0.4) is 0 Å². The molecule has 15 heavy (non-hydrogen) atoms. The van der Waals surface area contributed by atoms with Gasteiger partial charge in [-0.3, -0.25) is 0 Å². The highest BCUT2D eigenvalue weighted by Crippen LogP contribution is 2.22. The van der Waals surface area contributed by atoms with E-state index in [-0.39, 0.29) is 5.54 Å². The van der Waals surface area contributed by atoms with Gasteiger partial charge in [-0.25, -0.2) is 0 Å². The highest BCUT2D eigenvalue weighted by molar-refractivity contribution is 5.25. The molecule has 1 aliphatic heterocycles. The zero-order chi connectivity index (χ0) is 10.9. The summed E-state index contributed by atoms with van der Waals surface area (Å²) in [6.45, 7) is 8.03. The maximum Gasteiger partial charge on any atom is 0.0662 e. The van der Waals surface area contributed by atoms with E-state index < -0.39 is 0 Å². The van der Waals surface area contributed by atoms with Gasteiger partial charge in [0, 0.05) is 5.54 Å². The molecule has 2 nitrogen and oxygen atoms in total. The topological polar surface area (TPSA) is 21.3 Å². The molecule has 1 aromatic carbocycles. The third kappa shape index (κ3) is 2.58. The predicted molar refractivity (Wildman–Crippen MR) is 62.0 cm³/mol. The Hall–Kier alpha value is -0.860. The Morgan fingerprint density at radius 1 is 1.40 bits per heavy atom. The lowest BCUT2D eigenvalue weighted by molar-refractivity contribution is 0.0127. The van der Waals surface area contributed by atoms with Crippen molar-refractivity contribution in [3.63, 3.8) is 0 Å². The second-order valence-corrected chi connectivity index (χ2v) is 5.01. The van der Waals surface area contributed by atoms with Gasteiger partial charge in [0.05, 0.1) is 19.3 Å². The number of aryl methyl sites for hydroxylation is 1. The van der Waals surface area contributed by atoms with Gasteiger partial charge in [-0.2, -0.15) is 0 Å². The van der Waals surface area contributed by atoms with Gasteiger partial charge >= 0.3 is 0 Å². The summed E-state index contributed by atoms with van der Waals surface area (Å²) in [5.41, 5.74) is 2.70. The first kappa shape index (κ1) is 10.7. The Kier molecular flexibility index (Phi) is 2.81. The lowest BCUT2D eigenvalue weighted by Gasteiger charge is -2.37. The van der Waals surface area contributed by atoms with Crippen LogP contribution in [-0.4, -0.2) is 18.8 Å². The van der Waals surface area contributed by atoms with E-state index in [1.54, 1.807) is 0 Å². The van der Waals surface area contributed by atoms with E-state index in [2.05, 4.69) is 50.4 Å². The Morgan fingerprint density at radius 2 is 2.20 bits per heavy atom. The van der Waals surface area contributed by atoms with E-state index >= 15 is 0 Å². The van der Waals surface area contributed by atoms with E-state index in [4.69, 9.17) is 4.74 Å². The van der Waals surface area contributed by atoms with Crippen LogP contribution < -0.4 is 5.32 Å². The minimum absolute atomic E-state index is 0.0761. The molecule has 2 rings (SSSR count). The van der Waals surface area contributed by atoms with Crippen LogP contribution in [0, 0.1) is 6.92 Å². The number of ether oxygens (including phenoxy) is 1. The molecule has 1 aliphatic rings. The molecule has 0 bridgehead atoms. The zero-order valence-corrected chi connectivity index (χ0v) is 9.71. The SMILES string of the molecule is Cc1cccc(C2COCC(C)(C)N2)c1. The van der Waals surface area contributed by atoms with Gasteiger partial charge in [0.15, 0.2) is 0 Å². The van der Waals surface area contributed by atoms with E-state index in [0.29, 0.717) is 6.04 Å². The van der Waals surface area contributed by atoms with Gasteiger partial charge in [0.2, 0.25) is 0 Å². The number of hydrogen-bond donors (Lipinski definition) is 1. The van der Waals surface area contributed by atoms with Crippen LogP contribution in [0.4, 0.5) is 0 Å². The number of nitrogens with one attached hydrogen (secondary N) is 1. The number of rotatable bonds is 1. The molecule has 0 saturated carbocycles. The van der Waals surface area contributed by atoms with Crippen molar-refractivity contribution in [2.45, 2.75) is 32.4 Å². The molecule has 0 aromatic heterocycles. The first-order valence-corrected chi connectivity index (χ1v) is 5.49. The fourth-order valence-electron chi connectivity index (χ4n) is 2.05. The quantitative estimate of drug-likeness (QED) is 0.760. The lowest BCUT2D eigenvalue weighted by atomic mass is 9.98. The summed E-state index contributed by atoms with van der Waals surface area (Å²) >= 11 is 0. The summed E-state index contributed by atoms with van der Waals surface area (Å²) in [4.78, 5) is 0. The monoisotopic (exact) mass is 205 g/mol. The molecule has 0 spiro atoms. The maximum atomic E-state index is 5.63. The van der Waals surface area contributed by atoms with E-state index in [1.165, 1.54) is 11.1 Å². The molecule has 0 aliphatic carbocycles. The van der Waals surface area contributed by atoms with Crippen LogP contribution in [0.2, 0.25) is 0 Å². The van der Waals surface area contributed by atoms with Crippen LogP contribution in [-0.2, 0) is 4.74 Å². The Balaban J connectivity index is 2.17. The van der Waals surface area contributed by atoms with Crippen molar-refractivity contribution in [2.24, 2.45) is 0 Å². The molecule has 1 heterocycles. The highest BCUT2D eigenvalue weighted by Gasteiger charge is 2.28. The molecular weight excluding hydrogens is 186 g/mol. The first-order valence-electron chi connectivity index (χ1n) is 5.49. The summed E-state index contributed by atoms with van der Waals surface area (Å²) in [6, 6.07) is 8.94. The molecule has 1 fully saturated rings. The second kappa shape index (κ2) is 3.95. The summed E-state index contributed by atoms with van der Waals surface area (Å²) in [5, 5.41) is 3.61. The van der Waals surface area contributed by atoms with Crippen molar-refractivity contribution >= 4 is 0 Å². The van der Waals surface area contributed by atoms with Crippen LogP contribution in [0.25, 0.3) is 0 Å². The van der Waals surface area contributed by atoms with Crippen LogP contribution >= 0.6 is 0 Å². The third-order valence-electron chi connectivity index (χ3n) is 2.76. The molecule has 2 heteroatoms. The Bertz CT molecular complexity index is 346. The summed E-state index contributed by atoms with van der Waals surface area (Å²) in [5.74, 6) is 0. The van der Waals surface area contributed by atoms with E-state index in [1.807, 2.05) is 0 Å². The third-order valence-corrected chi connectivity index (χ3v) is 2.76. The molecule has 1 unspecified atom stereocenters. The van der Waals surface area contributed by atoms with E-state index in [0.717, 1.165) is 13.2 Å². The fourth-order valence-corrected chi connectivity index (χ4v) is 2.05. The van der Waals surface area contributed by atoms with Gasteiger partial charge < -0.3 is 10.1 Å². The standard InChI is InChI=1S/C13H19NO/c1-10-5-4-6-11(7-10)12-8-15-9-13(2,3)14-12/h4-7,12,14H,8-9H2,1-3H3. The molecule has 1 atom stereocenters. The molecule has 82 valence electrons. The number of hydrogen-bond acceptors (Lipinski definition) is 2. The number of benzene rings is 1. The average molecular weight is 205 g/mol. The predicted octanol–water partition coefficient (Wildman–Crippen LogP) is 2.43. The Labute approximate surface area is 91.6 Å². The molecule has 0 radical (unpaired) electrons. The average Bonchev–Trinajstić information content (AvgIpc) is 2.16. The molecule has 0 amide bonds. The molecular formula is C13H19NO. The van der Waals surface area contributed by atoms with Crippen molar-refractivity contribution in [2.75, 3.05) is 13.2 Å². The minimum Gasteiger partial charge on any atom is -0.378 e. The van der Waals surface area contributed by atoms with E-state index in [9.17, 15) is 0 Å². The largest absolute Gasteiger partial charge is 0.378 e. The number of morpholine rings is 1. The summed E-state index contributed by atoms with van der Waals surface area (Å²) < 4.78 is 5.63. The van der Waals surface area contributed by atoms with Crippen LogP contribution in [0.1, 0.15) is 31.0 Å². The van der Waals surface area contributed by atoms with Crippen molar-refractivity contribution in [1.82, 2.24) is 5.32 Å². The van der Waals surface area contributed by atoms with Crippen LogP contribution in [0.5, 0.6) is 0 Å². The first-order chi connectivity index (χ1) is 7.07. The van der Waals surface area contributed by atoms with Crippen molar-refractivity contribution in [1.29, 1.82) is 0 Å². The van der Waals surface area contributed by atoms with Gasteiger partial charge in [-0.1, -0.05) is 29.8 Å². The van der Waals surface area contributed by atoms with Crippen molar-refractivity contribution in [3.05, 3.63) is 35.4 Å². The van der Waals surface area contributed by atoms with Gasteiger partial charge in [-0.05, 0) is 26.3 Å². The second-order valence-electron chi connectivity index (χ2n) is 5.01. The minimum atomic E-state index is 0.0761. The van der Waals surface area contributed by atoms with Gasteiger partial charge in [0.25, 0.3) is 0 Å². The molecule has 1 N–H and O–H groups in total. The zero-order valence-electron chi connectivity index (χ0n) is 9.71. The fraction of sp³-hybridized carbons (Fsp3) is 0.538. The summed E-state index contributed by atoms with van der Waals surface area (Å²) in [7, 11) is 0. The maximum absolute atomic E-state index is 5.63. The highest BCUT2D eigenvalue weighted by atomic mass is 16.5. The normalized spacial score (nSPS) is 25.1. The van der Waals surface area contributed by atoms with Gasteiger partial charge in [0.1, 0.15) is 0 Å². The lowest BCUT2D eigenvalue weighted by Crippen LogP contribution is -2.51. The van der Waals surface area contributed by atoms with Crippen LogP contribution in [0.15, 0.2) is 24.3 Å². The smallest absolute Gasteiger partial charge is 0.0662 e. The molecule has 1 saturated heterocycles.